The number of nitrogens with zero attached hydrogens (tertiary/aromatic N) is 2. The van der Waals surface area contributed by atoms with E-state index < -0.39 is 12.5 Å². The summed E-state index contributed by atoms with van der Waals surface area (Å²) in [7, 11) is 3.12. The van der Waals surface area contributed by atoms with Crippen molar-refractivity contribution in [3.63, 3.8) is 0 Å². The molecule has 1 atom stereocenters. The first-order valence-electron chi connectivity index (χ1n) is 6.27. The van der Waals surface area contributed by atoms with E-state index in [1.807, 2.05) is 0 Å². The molecule has 0 fully saturated rings. The molecule has 0 bridgehead atoms. The summed E-state index contributed by atoms with van der Waals surface area (Å²) in [5, 5.41) is 1.02. The van der Waals surface area contributed by atoms with Crippen LogP contribution in [0.4, 0.5) is 8.78 Å². The molecule has 3 nitrogen and oxygen atoms in total. The van der Waals surface area contributed by atoms with Crippen LogP contribution >= 0.6 is 23.2 Å². The summed E-state index contributed by atoms with van der Waals surface area (Å²) in [5.74, 6) is 0.354. The monoisotopic (exact) mass is 332 g/mol. The number of fused-ring (bicyclic) bond motifs is 3. The van der Waals surface area contributed by atoms with Crippen LogP contribution in [0.5, 0.6) is 5.75 Å². The van der Waals surface area contributed by atoms with E-state index in [9.17, 15) is 8.78 Å². The first kappa shape index (κ1) is 14.8. The van der Waals surface area contributed by atoms with E-state index in [2.05, 4.69) is 4.98 Å². The molecule has 0 spiro atoms. The van der Waals surface area contributed by atoms with Crippen molar-refractivity contribution in [2.24, 2.45) is 0 Å². The third-order valence-electron chi connectivity index (χ3n) is 3.78. The number of benzene rings is 1. The highest BCUT2D eigenvalue weighted by Gasteiger charge is 2.36. The topological polar surface area (TPSA) is 25.4 Å². The Balaban J connectivity index is 2.36. The van der Waals surface area contributed by atoms with Crippen LogP contribution in [0, 0.1) is 0 Å². The zero-order valence-electron chi connectivity index (χ0n) is 11.3. The van der Waals surface area contributed by atoms with Crippen molar-refractivity contribution in [2.75, 3.05) is 14.2 Å². The molecule has 1 aliphatic heterocycles. The van der Waals surface area contributed by atoms with Gasteiger partial charge in [-0.2, -0.15) is 0 Å². The predicted molar refractivity (Wildman–Crippen MR) is 78.5 cm³/mol. The molecule has 21 heavy (non-hydrogen) atoms. The molecule has 0 saturated heterocycles. The molecule has 0 N–H and O–H groups in total. The fourth-order valence-electron chi connectivity index (χ4n) is 2.84. The van der Waals surface area contributed by atoms with Gasteiger partial charge in [-0.1, -0.05) is 23.2 Å². The smallest absolute Gasteiger partial charge is 0.258 e. The quantitative estimate of drug-likeness (QED) is 0.819. The van der Waals surface area contributed by atoms with Gasteiger partial charge in [0.2, 0.25) is 0 Å². The third-order valence-corrected chi connectivity index (χ3v) is 4.62. The summed E-state index contributed by atoms with van der Waals surface area (Å²) in [5.41, 5.74) is 1.74. The minimum Gasteiger partial charge on any atom is -0.495 e. The van der Waals surface area contributed by atoms with Crippen LogP contribution in [0.3, 0.4) is 0 Å². The fraction of sp³-hybridized carbons (Fsp3) is 0.357. The molecule has 1 aromatic heterocycles. The number of hydrogen-bond acceptors (Lipinski definition) is 3. The number of methoxy groups -OCH3 is 1. The van der Waals surface area contributed by atoms with Gasteiger partial charge in [0.05, 0.1) is 23.7 Å². The van der Waals surface area contributed by atoms with E-state index in [1.165, 1.54) is 7.11 Å². The molecule has 0 aliphatic carbocycles. The predicted octanol–water partition coefficient (Wildman–Crippen LogP) is 4.30. The molecule has 1 aromatic carbocycles. The summed E-state index contributed by atoms with van der Waals surface area (Å²) < 4.78 is 32.0. The highest BCUT2D eigenvalue weighted by atomic mass is 35.5. The number of pyridine rings is 1. The maximum Gasteiger partial charge on any atom is 0.258 e. The second kappa shape index (κ2) is 5.23. The Hall–Kier alpha value is -1.17. The Morgan fingerprint density at radius 2 is 2.10 bits per heavy atom. The van der Waals surface area contributed by atoms with Gasteiger partial charge in [0, 0.05) is 18.1 Å². The van der Waals surface area contributed by atoms with Crippen LogP contribution in [0.15, 0.2) is 12.3 Å². The van der Waals surface area contributed by atoms with Gasteiger partial charge in [0.15, 0.2) is 0 Å². The summed E-state index contributed by atoms with van der Waals surface area (Å²) in [4.78, 5) is 5.88. The van der Waals surface area contributed by atoms with Crippen LogP contribution in [0.2, 0.25) is 10.0 Å². The van der Waals surface area contributed by atoms with Crippen molar-refractivity contribution < 1.29 is 13.5 Å². The van der Waals surface area contributed by atoms with E-state index in [4.69, 9.17) is 27.9 Å². The molecule has 1 aliphatic rings. The Morgan fingerprint density at radius 1 is 1.38 bits per heavy atom. The Kier molecular flexibility index (Phi) is 3.67. The van der Waals surface area contributed by atoms with Crippen LogP contribution in [-0.4, -0.2) is 30.5 Å². The zero-order chi connectivity index (χ0) is 15.3. The standard InChI is InChI=1S/C14H12Cl2F2N2O/c1-20-5-6-4-19-12-7(9(6)13(20)14(17)18)3-8(21-2)10(15)11(12)16/h3-4,13-14H,5H2,1-2H3. The molecular weight excluding hydrogens is 321 g/mol. The number of halogens is 4. The number of aromatic nitrogens is 1. The van der Waals surface area contributed by atoms with Crippen LogP contribution in [0.1, 0.15) is 17.2 Å². The van der Waals surface area contributed by atoms with E-state index >= 15 is 0 Å². The molecule has 112 valence electrons. The highest BCUT2D eigenvalue weighted by molar-refractivity contribution is 6.46. The maximum absolute atomic E-state index is 13.4. The first-order valence-corrected chi connectivity index (χ1v) is 7.03. The normalized spacial score (nSPS) is 18.5. The Morgan fingerprint density at radius 3 is 2.71 bits per heavy atom. The zero-order valence-corrected chi connectivity index (χ0v) is 12.8. The van der Waals surface area contributed by atoms with Gasteiger partial charge in [-0.3, -0.25) is 9.88 Å². The van der Waals surface area contributed by atoms with E-state index in [0.29, 0.717) is 28.8 Å². The van der Waals surface area contributed by atoms with Crippen LogP contribution in [0.25, 0.3) is 10.9 Å². The van der Waals surface area contributed by atoms with Crippen molar-refractivity contribution in [3.05, 3.63) is 33.4 Å². The van der Waals surface area contributed by atoms with E-state index in [0.717, 1.165) is 5.56 Å². The summed E-state index contributed by atoms with van der Waals surface area (Å²) >= 11 is 12.3. The average molecular weight is 333 g/mol. The van der Waals surface area contributed by atoms with Gasteiger partial charge in [0.25, 0.3) is 6.43 Å². The van der Waals surface area contributed by atoms with Gasteiger partial charge < -0.3 is 4.74 Å². The molecule has 0 radical (unpaired) electrons. The summed E-state index contributed by atoms with van der Waals surface area (Å²) in [6, 6.07) is 0.650. The fourth-order valence-corrected chi connectivity index (χ4v) is 3.30. The van der Waals surface area contributed by atoms with Crippen LogP contribution in [-0.2, 0) is 6.54 Å². The molecule has 2 aromatic rings. The second-order valence-corrected chi connectivity index (χ2v) is 5.75. The molecule has 7 heteroatoms. The van der Waals surface area contributed by atoms with Crippen molar-refractivity contribution in [1.82, 2.24) is 9.88 Å². The van der Waals surface area contributed by atoms with Crippen molar-refractivity contribution in [1.29, 1.82) is 0 Å². The molecule has 1 unspecified atom stereocenters. The van der Waals surface area contributed by atoms with E-state index in [-0.39, 0.29) is 10.0 Å². The first-order chi connectivity index (χ1) is 9.95. The SMILES string of the molecule is COc1cc2c3c(cnc2c(Cl)c1Cl)CN(C)C3C(F)F. The lowest BCUT2D eigenvalue weighted by Gasteiger charge is -2.20. The lowest BCUT2D eigenvalue weighted by Crippen LogP contribution is -2.23. The lowest BCUT2D eigenvalue weighted by atomic mass is 10.0. The molecular formula is C14H12Cl2F2N2O. The molecule has 0 saturated carbocycles. The van der Waals surface area contributed by atoms with Gasteiger partial charge in [-0.05, 0) is 24.2 Å². The van der Waals surface area contributed by atoms with Crippen molar-refractivity contribution in [2.45, 2.75) is 19.0 Å². The Bertz CT molecular complexity index is 724. The van der Waals surface area contributed by atoms with Gasteiger partial charge in [-0.25, -0.2) is 8.78 Å². The molecule has 2 heterocycles. The highest BCUT2D eigenvalue weighted by Crippen LogP contribution is 2.45. The largest absolute Gasteiger partial charge is 0.495 e. The maximum atomic E-state index is 13.4. The van der Waals surface area contributed by atoms with Gasteiger partial charge >= 0.3 is 0 Å². The van der Waals surface area contributed by atoms with Crippen molar-refractivity contribution >= 4 is 34.1 Å². The van der Waals surface area contributed by atoms with Crippen molar-refractivity contribution in [3.8, 4) is 5.75 Å². The second-order valence-electron chi connectivity index (χ2n) is 4.99. The van der Waals surface area contributed by atoms with Gasteiger partial charge in [0.1, 0.15) is 10.8 Å². The third kappa shape index (κ3) is 2.15. The van der Waals surface area contributed by atoms with Gasteiger partial charge in [-0.15, -0.1) is 0 Å². The lowest BCUT2D eigenvalue weighted by molar-refractivity contribution is 0.0456. The molecule has 3 rings (SSSR count). The number of hydrogen-bond donors (Lipinski definition) is 0. The average Bonchev–Trinajstić information content (AvgIpc) is 2.78. The van der Waals surface area contributed by atoms with E-state index in [1.54, 1.807) is 24.2 Å². The number of alkyl halides is 2. The molecule has 0 amide bonds. The Labute approximate surface area is 130 Å². The summed E-state index contributed by atoms with van der Waals surface area (Å²) in [6.45, 7) is 0.426. The number of rotatable bonds is 2. The van der Waals surface area contributed by atoms with Crippen LogP contribution < -0.4 is 4.74 Å². The minimum atomic E-state index is -2.50. The summed E-state index contributed by atoms with van der Waals surface area (Å²) in [6.07, 6.45) is -0.909. The number of ether oxygens (including phenoxy) is 1. The minimum absolute atomic E-state index is 0.219.